The number of nitrogens with two attached hydrogens (primary N) is 1. The second-order valence-electron chi connectivity index (χ2n) is 8.97. The highest BCUT2D eigenvalue weighted by Gasteiger charge is 2.29. The SMILES string of the molecule is CC(C)CC(N)C(=O)NC(CCC(=O)O)C(=O)NC(Cc1c[nH]c2ccccc12)C(=O)NCC(=O)O. The van der Waals surface area contributed by atoms with Gasteiger partial charge in [-0.2, -0.15) is 0 Å². The van der Waals surface area contributed by atoms with E-state index in [1.54, 1.807) is 6.20 Å². The van der Waals surface area contributed by atoms with Gasteiger partial charge >= 0.3 is 11.9 Å². The van der Waals surface area contributed by atoms with Crippen molar-refractivity contribution in [2.45, 2.75) is 57.7 Å². The number of amides is 3. The van der Waals surface area contributed by atoms with Crippen LogP contribution in [0.15, 0.2) is 30.5 Å². The van der Waals surface area contributed by atoms with Crippen molar-refractivity contribution in [3.05, 3.63) is 36.0 Å². The highest BCUT2D eigenvalue weighted by molar-refractivity contribution is 5.94. The zero-order valence-electron chi connectivity index (χ0n) is 20.2. The standard InChI is InChI=1S/C24H33N5O7/c1-13(2)9-16(25)22(34)28-18(7-8-20(30)31)24(36)29-19(23(35)27-12-21(32)33)10-14-11-26-17-6-4-3-5-15(14)17/h3-6,11,13,16,18-19,26H,7-10,12,25H2,1-2H3,(H,27,35)(H,28,34)(H,29,36)(H,30,31)(H,32,33). The molecule has 8 N–H and O–H groups in total. The van der Waals surface area contributed by atoms with Crippen LogP contribution in [-0.2, 0) is 30.4 Å². The van der Waals surface area contributed by atoms with Crippen molar-refractivity contribution in [2.75, 3.05) is 6.54 Å². The molecule has 1 aromatic carbocycles. The van der Waals surface area contributed by atoms with Crippen molar-refractivity contribution < 1.29 is 34.2 Å². The number of hydrogen-bond donors (Lipinski definition) is 7. The van der Waals surface area contributed by atoms with Gasteiger partial charge in [0.1, 0.15) is 18.6 Å². The third kappa shape index (κ3) is 8.69. The normalized spacial score (nSPS) is 13.6. The van der Waals surface area contributed by atoms with E-state index in [4.69, 9.17) is 15.9 Å². The zero-order valence-corrected chi connectivity index (χ0v) is 20.2. The average Bonchev–Trinajstić information content (AvgIpc) is 3.21. The Morgan fingerprint density at radius 1 is 0.944 bits per heavy atom. The minimum Gasteiger partial charge on any atom is -0.481 e. The predicted molar refractivity (Wildman–Crippen MR) is 131 cm³/mol. The number of nitrogens with one attached hydrogen (secondary N) is 4. The maximum atomic E-state index is 13.1. The Morgan fingerprint density at radius 2 is 1.61 bits per heavy atom. The van der Waals surface area contributed by atoms with E-state index in [0.717, 1.165) is 10.9 Å². The molecule has 3 atom stereocenters. The molecule has 12 nitrogen and oxygen atoms in total. The van der Waals surface area contributed by atoms with Crippen molar-refractivity contribution in [1.29, 1.82) is 0 Å². The van der Waals surface area contributed by atoms with E-state index in [0.29, 0.717) is 12.0 Å². The number of carbonyl (C=O) groups excluding carboxylic acids is 3. The molecule has 0 fully saturated rings. The molecule has 0 bridgehead atoms. The van der Waals surface area contributed by atoms with E-state index in [9.17, 15) is 24.0 Å². The monoisotopic (exact) mass is 503 g/mol. The molecule has 1 heterocycles. The molecule has 0 radical (unpaired) electrons. The molecule has 1 aromatic heterocycles. The molecular formula is C24H33N5O7. The molecule has 0 saturated carbocycles. The quantitative estimate of drug-likeness (QED) is 0.188. The summed E-state index contributed by atoms with van der Waals surface area (Å²) in [5.41, 5.74) is 7.41. The van der Waals surface area contributed by atoms with Crippen LogP contribution in [0.25, 0.3) is 10.9 Å². The number of rotatable bonds is 14. The van der Waals surface area contributed by atoms with Crippen LogP contribution < -0.4 is 21.7 Å². The van der Waals surface area contributed by atoms with E-state index < -0.39 is 60.8 Å². The van der Waals surface area contributed by atoms with E-state index in [-0.39, 0.29) is 18.8 Å². The number of fused-ring (bicyclic) bond motifs is 1. The van der Waals surface area contributed by atoms with Crippen molar-refractivity contribution in [3.8, 4) is 0 Å². The maximum Gasteiger partial charge on any atom is 0.322 e. The van der Waals surface area contributed by atoms with Crippen LogP contribution >= 0.6 is 0 Å². The molecule has 2 rings (SSSR count). The summed E-state index contributed by atoms with van der Waals surface area (Å²) in [6.45, 7) is 3.11. The van der Waals surface area contributed by atoms with Gasteiger partial charge in [-0.05, 0) is 30.4 Å². The van der Waals surface area contributed by atoms with E-state index in [1.807, 2.05) is 38.1 Å². The molecule has 2 aromatic rings. The summed E-state index contributed by atoms with van der Waals surface area (Å²) >= 11 is 0. The van der Waals surface area contributed by atoms with Crippen molar-refractivity contribution in [1.82, 2.24) is 20.9 Å². The van der Waals surface area contributed by atoms with Gasteiger partial charge in [-0.1, -0.05) is 32.0 Å². The second kappa shape index (κ2) is 13.2. The highest BCUT2D eigenvalue weighted by atomic mass is 16.4. The van der Waals surface area contributed by atoms with Crippen molar-refractivity contribution >= 4 is 40.6 Å². The molecule has 0 aliphatic carbocycles. The molecule has 12 heteroatoms. The van der Waals surface area contributed by atoms with Crippen LogP contribution in [0, 0.1) is 5.92 Å². The lowest BCUT2D eigenvalue weighted by Crippen LogP contribution is -2.56. The Balaban J connectivity index is 2.24. The fourth-order valence-electron chi connectivity index (χ4n) is 3.72. The highest BCUT2D eigenvalue weighted by Crippen LogP contribution is 2.19. The van der Waals surface area contributed by atoms with Crippen LogP contribution in [0.3, 0.4) is 0 Å². The lowest BCUT2D eigenvalue weighted by atomic mass is 10.0. The van der Waals surface area contributed by atoms with Gasteiger partial charge in [-0.15, -0.1) is 0 Å². The second-order valence-corrected chi connectivity index (χ2v) is 8.97. The summed E-state index contributed by atoms with van der Waals surface area (Å²) in [6.07, 6.45) is 1.43. The number of carboxylic acids is 2. The van der Waals surface area contributed by atoms with E-state index in [2.05, 4.69) is 20.9 Å². The first-order valence-electron chi connectivity index (χ1n) is 11.6. The van der Waals surface area contributed by atoms with Gasteiger partial charge in [-0.25, -0.2) is 0 Å². The number of H-pyrrole nitrogens is 1. The summed E-state index contributed by atoms with van der Waals surface area (Å²) in [5.74, 6) is -4.44. The summed E-state index contributed by atoms with van der Waals surface area (Å²) in [5, 5.41) is 26.1. The maximum absolute atomic E-state index is 13.1. The van der Waals surface area contributed by atoms with Crippen molar-refractivity contribution in [3.63, 3.8) is 0 Å². The van der Waals surface area contributed by atoms with Gasteiger partial charge in [0, 0.05) is 29.9 Å². The molecular weight excluding hydrogens is 470 g/mol. The van der Waals surface area contributed by atoms with Crippen LogP contribution in [-0.4, -0.2) is 69.5 Å². The van der Waals surface area contributed by atoms with Crippen molar-refractivity contribution in [2.24, 2.45) is 11.7 Å². The smallest absolute Gasteiger partial charge is 0.322 e. The summed E-state index contributed by atoms with van der Waals surface area (Å²) in [6, 6.07) is 3.98. The number of carboxylic acid groups (broad SMARTS) is 2. The predicted octanol–water partition coefficient (Wildman–Crippen LogP) is 0.119. The summed E-state index contributed by atoms with van der Waals surface area (Å²) in [7, 11) is 0. The third-order valence-electron chi connectivity index (χ3n) is 5.49. The molecule has 0 spiro atoms. The number of carbonyl (C=O) groups is 5. The van der Waals surface area contributed by atoms with Gasteiger partial charge in [-0.3, -0.25) is 24.0 Å². The molecule has 0 aliphatic rings. The Labute approximate surface area is 208 Å². The zero-order chi connectivity index (χ0) is 26.8. The minimum atomic E-state index is -1.26. The topological polar surface area (TPSA) is 204 Å². The first kappa shape index (κ1) is 28.3. The number of para-hydroxylation sites is 1. The number of aromatic nitrogens is 1. The molecule has 0 aliphatic heterocycles. The Bertz CT molecular complexity index is 1100. The van der Waals surface area contributed by atoms with Gasteiger partial charge in [0.15, 0.2) is 0 Å². The average molecular weight is 504 g/mol. The first-order valence-corrected chi connectivity index (χ1v) is 11.6. The van der Waals surface area contributed by atoms with E-state index >= 15 is 0 Å². The number of benzene rings is 1. The fourth-order valence-corrected chi connectivity index (χ4v) is 3.72. The van der Waals surface area contributed by atoms with Crippen LogP contribution in [0.1, 0.15) is 38.7 Å². The van der Waals surface area contributed by atoms with Gasteiger partial charge < -0.3 is 36.9 Å². The number of hydrogen-bond acceptors (Lipinski definition) is 6. The molecule has 3 unspecified atom stereocenters. The Kier molecular flexibility index (Phi) is 10.4. The number of aromatic amines is 1. The van der Waals surface area contributed by atoms with Crippen LogP contribution in [0.4, 0.5) is 0 Å². The molecule has 0 saturated heterocycles. The van der Waals surface area contributed by atoms with Gasteiger partial charge in [0.05, 0.1) is 6.04 Å². The molecule has 196 valence electrons. The van der Waals surface area contributed by atoms with Gasteiger partial charge in [0.25, 0.3) is 0 Å². The lowest BCUT2D eigenvalue weighted by molar-refractivity contribution is -0.138. The number of aliphatic carboxylic acids is 2. The van der Waals surface area contributed by atoms with E-state index in [1.165, 1.54) is 0 Å². The Hall–Kier alpha value is -3.93. The van der Waals surface area contributed by atoms with Crippen LogP contribution in [0.2, 0.25) is 0 Å². The Morgan fingerprint density at radius 3 is 2.25 bits per heavy atom. The minimum absolute atomic E-state index is 0.0215. The van der Waals surface area contributed by atoms with Crippen LogP contribution in [0.5, 0.6) is 0 Å². The lowest BCUT2D eigenvalue weighted by Gasteiger charge is -2.24. The first-order chi connectivity index (χ1) is 17.0. The molecule has 3 amide bonds. The molecule has 36 heavy (non-hydrogen) atoms. The van der Waals surface area contributed by atoms with Gasteiger partial charge in [0.2, 0.25) is 17.7 Å². The largest absolute Gasteiger partial charge is 0.481 e. The fraction of sp³-hybridized carbons (Fsp3) is 0.458. The third-order valence-corrected chi connectivity index (χ3v) is 5.49. The summed E-state index contributed by atoms with van der Waals surface area (Å²) in [4.78, 5) is 63.6. The summed E-state index contributed by atoms with van der Waals surface area (Å²) < 4.78 is 0.